The standard InChI is InChI=1S/C19H16F4N2O4S2.ClH/c1-24-11-13-9-18(16-7-2-3-8-17(16)20)25(12-13)31(28,29)15-6-4-5-14(10-15)30(26,27)19(21,22)23;/h2-10,12,24H,11H2,1H3;1H. The Bertz CT molecular complexity index is 1340. The van der Waals surface area contributed by atoms with Crippen molar-refractivity contribution in [2.24, 2.45) is 0 Å². The van der Waals surface area contributed by atoms with E-state index in [0.29, 0.717) is 17.7 Å². The molecular formula is C19H17ClF4N2O4S2. The Morgan fingerprint density at radius 1 is 0.938 bits per heavy atom. The molecule has 1 aromatic heterocycles. The molecule has 0 amide bonds. The highest BCUT2D eigenvalue weighted by atomic mass is 35.5. The molecule has 0 radical (unpaired) electrons. The van der Waals surface area contributed by atoms with Crippen LogP contribution in [0.4, 0.5) is 17.6 Å². The van der Waals surface area contributed by atoms with Crippen LogP contribution in [0.2, 0.25) is 0 Å². The van der Waals surface area contributed by atoms with E-state index in [4.69, 9.17) is 0 Å². The van der Waals surface area contributed by atoms with E-state index in [1.165, 1.54) is 30.5 Å². The number of aromatic nitrogens is 1. The van der Waals surface area contributed by atoms with Crippen LogP contribution >= 0.6 is 12.4 Å². The van der Waals surface area contributed by atoms with Gasteiger partial charge < -0.3 is 5.32 Å². The molecule has 0 spiro atoms. The van der Waals surface area contributed by atoms with Crippen LogP contribution < -0.4 is 5.32 Å². The van der Waals surface area contributed by atoms with E-state index in [-0.39, 0.29) is 30.2 Å². The van der Waals surface area contributed by atoms with Gasteiger partial charge in [0.25, 0.3) is 19.9 Å². The fraction of sp³-hybridized carbons (Fsp3) is 0.158. The second-order valence-electron chi connectivity index (χ2n) is 6.47. The fourth-order valence-corrected chi connectivity index (χ4v) is 5.23. The molecule has 0 aliphatic carbocycles. The van der Waals surface area contributed by atoms with Crippen LogP contribution in [0.5, 0.6) is 0 Å². The van der Waals surface area contributed by atoms with E-state index in [0.717, 1.165) is 22.2 Å². The molecule has 2 aromatic carbocycles. The molecule has 0 aliphatic heterocycles. The summed E-state index contributed by atoms with van der Waals surface area (Å²) < 4.78 is 104. The topological polar surface area (TPSA) is 85.2 Å². The van der Waals surface area contributed by atoms with Crippen LogP contribution in [0.3, 0.4) is 0 Å². The minimum absolute atomic E-state index is 0. The molecule has 0 bridgehead atoms. The summed E-state index contributed by atoms with van der Waals surface area (Å²) in [7, 11) is -8.72. The van der Waals surface area contributed by atoms with Crippen molar-refractivity contribution in [3.8, 4) is 11.3 Å². The van der Waals surface area contributed by atoms with Crippen molar-refractivity contribution < 1.29 is 34.4 Å². The molecule has 0 unspecified atom stereocenters. The maximum absolute atomic E-state index is 14.4. The molecule has 0 aliphatic rings. The highest BCUT2D eigenvalue weighted by Crippen LogP contribution is 2.33. The van der Waals surface area contributed by atoms with Crippen LogP contribution in [0.25, 0.3) is 11.3 Å². The number of nitrogens with one attached hydrogen (secondary N) is 1. The number of hydrogen-bond donors (Lipinski definition) is 1. The third-order valence-corrected chi connectivity index (χ3v) is 7.50. The van der Waals surface area contributed by atoms with E-state index in [1.54, 1.807) is 7.05 Å². The van der Waals surface area contributed by atoms with Gasteiger partial charge in [-0.25, -0.2) is 25.2 Å². The number of nitrogens with zero attached hydrogens (tertiary/aromatic N) is 1. The first kappa shape index (κ1) is 25.8. The van der Waals surface area contributed by atoms with E-state index < -0.39 is 41.0 Å². The summed E-state index contributed by atoms with van der Waals surface area (Å²) >= 11 is 0. The van der Waals surface area contributed by atoms with Crippen molar-refractivity contribution in [2.45, 2.75) is 21.8 Å². The lowest BCUT2D eigenvalue weighted by molar-refractivity contribution is -0.0436. The first-order valence-corrected chi connectivity index (χ1v) is 11.6. The highest BCUT2D eigenvalue weighted by molar-refractivity contribution is 7.92. The first-order valence-electron chi connectivity index (χ1n) is 8.67. The van der Waals surface area contributed by atoms with Gasteiger partial charge in [0.05, 0.1) is 15.5 Å². The smallest absolute Gasteiger partial charge is 0.316 e. The predicted octanol–water partition coefficient (Wildman–Crippen LogP) is 3.97. The molecule has 3 aromatic rings. The van der Waals surface area contributed by atoms with E-state index in [1.807, 2.05) is 0 Å². The quantitative estimate of drug-likeness (QED) is 0.505. The summed E-state index contributed by atoms with van der Waals surface area (Å²) in [6.45, 7) is 0.229. The molecule has 1 heterocycles. The van der Waals surface area contributed by atoms with Gasteiger partial charge in [-0.2, -0.15) is 13.2 Å². The summed E-state index contributed by atoms with van der Waals surface area (Å²) in [6, 6.07) is 9.76. The van der Waals surface area contributed by atoms with Crippen molar-refractivity contribution in [2.75, 3.05) is 7.05 Å². The molecule has 0 atom stereocenters. The molecular weight excluding hydrogens is 496 g/mol. The highest BCUT2D eigenvalue weighted by Gasteiger charge is 2.47. The van der Waals surface area contributed by atoms with E-state index in [9.17, 15) is 34.4 Å². The summed E-state index contributed by atoms with van der Waals surface area (Å²) in [5.41, 5.74) is -5.25. The molecule has 0 fully saturated rings. The number of alkyl halides is 3. The number of rotatable bonds is 6. The molecule has 3 rings (SSSR count). The molecule has 1 N–H and O–H groups in total. The first-order chi connectivity index (χ1) is 14.4. The maximum Gasteiger partial charge on any atom is 0.501 e. The lowest BCUT2D eigenvalue weighted by atomic mass is 10.1. The van der Waals surface area contributed by atoms with Gasteiger partial charge in [0.1, 0.15) is 5.82 Å². The Kier molecular flexibility index (Phi) is 7.45. The van der Waals surface area contributed by atoms with Gasteiger partial charge in [-0.15, -0.1) is 12.4 Å². The van der Waals surface area contributed by atoms with Gasteiger partial charge in [0.15, 0.2) is 0 Å². The third-order valence-electron chi connectivity index (χ3n) is 4.35. The number of hydrogen-bond acceptors (Lipinski definition) is 5. The van der Waals surface area contributed by atoms with Crippen LogP contribution in [0, 0.1) is 5.82 Å². The molecule has 174 valence electrons. The van der Waals surface area contributed by atoms with Crippen LogP contribution in [-0.2, 0) is 26.4 Å². The minimum Gasteiger partial charge on any atom is -0.316 e. The zero-order chi connectivity index (χ0) is 23.0. The largest absolute Gasteiger partial charge is 0.501 e. The van der Waals surface area contributed by atoms with Gasteiger partial charge in [-0.05, 0) is 49.0 Å². The molecule has 32 heavy (non-hydrogen) atoms. The van der Waals surface area contributed by atoms with E-state index in [2.05, 4.69) is 5.32 Å². The van der Waals surface area contributed by atoms with Crippen LogP contribution in [0.15, 0.2) is 70.6 Å². The predicted molar refractivity (Wildman–Crippen MR) is 112 cm³/mol. The fourth-order valence-electron chi connectivity index (χ4n) is 2.91. The van der Waals surface area contributed by atoms with Crippen molar-refractivity contribution in [1.29, 1.82) is 0 Å². The van der Waals surface area contributed by atoms with Crippen molar-refractivity contribution in [3.63, 3.8) is 0 Å². The number of benzene rings is 2. The Labute approximate surface area is 188 Å². The third kappa shape index (κ3) is 4.68. The summed E-state index contributed by atoms with van der Waals surface area (Å²) in [5.74, 6) is -0.707. The van der Waals surface area contributed by atoms with E-state index >= 15 is 0 Å². The Morgan fingerprint density at radius 3 is 2.16 bits per heavy atom. The molecule has 0 saturated heterocycles. The summed E-state index contributed by atoms with van der Waals surface area (Å²) in [6.07, 6.45) is 1.19. The van der Waals surface area contributed by atoms with Crippen LogP contribution in [-0.4, -0.2) is 33.4 Å². The molecule has 6 nitrogen and oxygen atoms in total. The van der Waals surface area contributed by atoms with Gasteiger partial charge >= 0.3 is 5.51 Å². The normalized spacial score (nSPS) is 12.4. The average Bonchev–Trinajstić information content (AvgIpc) is 3.12. The zero-order valence-corrected chi connectivity index (χ0v) is 18.7. The number of sulfone groups is 1. The Hall–Kier alpha value is -2.41. The SMILES string of the molecule is CNCc1cc(-c2ccccc2F)n(S(=O)(=O)c2cccc(S(=O)(=O)C(F)(F)F)c2)c1.Cl. The maximum atomic E-state index is 14.4. The second kappa shape index (κ2) is 9.22. The minimum atomic E-state index is -5.76. The lowest BCUT2D eigenvalue weighted by Crippen LogP contribution is -2.23. The van der Waals surface area contributed by atoms with Gasteiger partial charge in [0.2, 0.25) is 0 Å². The molecule has 0 saturated carbocycles. The second-order valence-corrected chi connectivity index (χ2v) is 10.2. The lowest BCUT2D eigenvalue weighted by Gasteiger charge is -2.13. The van der Waals surface area contributed by atoms with Gasteiger partial charge in [-0.3, -0.25) is 0 Å². The van der Waals surface area contributed by atoms with Crippen molar-refractivity contribution in [1.82, 2.24) is 9.29 Å². The van der Waals surface area contributed by atoms with Crippen molar-refractivity contribution in [3.05, 3.63) is 72.2 Å². The Balaban J connectivity index is 0.00000363. The zero-order valence-electron chi connectivity index (χ0n) is 16.3. The number of halogens is 5. The monoisotopic (exact) mass is 512 g/mol. The summed E-state index contributed by atoms with van der Waals surface area (Å²) in [4.78, 5) is -1.90. The Morgan fingerprint density at radius 2 is 1.56 bits per heavy atom. The van der Waals surface area contributed by atoms with Gasteiger partial charge in [0, 0.05) is 18.3 Å². The molecule has 13 heteroatoms. The average molecular weight is 513 g/mol. The van der Waals surface area contributed by atoms with Crippen LogP contribution in [0.1, 0.15) is 5.56 Å². The van der Waals surface area contributed by atoms with Crippen molar-refractivity contribution >= 4 is 32.3 Å². The summed E-state index contributed by atoms with van der Waals surface area (Å²) in [5, 5.41) is 2.82. The van der Waals surface area contributed by atoms with Gasteiger partial charge in [-0.1, -0.05) is 18.2 Å².